The molecule has 0 saturated carbocycles. The predicted octanol–water partition coefficient (Wildman–Crippen LogP) is 3.09. The Kier molecular flexibility index (Phi) is 6.10. The number of hydrogen-bond acceptors (Lipinski definition) is 6. The highest BCUT2D eigenvalue weighted by molar-refractivity contribution is 5.71. The van der Waals surface area contributed by atoms with Crippen LogP contribution in [-0.4, -0.2) is 63.7 Å². The van der Waals surface area contributed by atoms with E-state index >= 15 is 0 Å². The fourth-order valence-corrected chi connectivity index (χ4v) is 4.15. The number of aromatic nitrogens is 3. The zero-order chi connectivity index (χ0) is 20.2. The van der Waals surface area contributed by atoms with Crippen LogP contribution < -0.4 is 0 Å². The summed E-state index contributed by atoms with van der Waals surface area (Å²) < 4.78 is 19.0. The number of carbonyl (C=O) groups excluding carboxylic acids is 1. The topological polar surface area (TPSA) is 78.7 Å². The Bertz CT molecular complexity index is 812. The van der Waals surface area contributed by atoms with Crippen LogP contribution in [0, 0.1) is 0 Å². The van der Waals surface area contributed by atoms with Crippen molar-refractivity contribution in [2.24, 2.45) is 0 Å². The third-order valence-corrected chi connectivity index (χ3v) is 5.70. The summed E-state index contributed by atoms with van der Waals surface area (Å²) in [7, 11) is 1.64. The highest BCUT2D eigenvalue weighted by Gasteiger charge is 2.50. The number of carbonyl (C=O) groups is 1. The highest BCUT2D eigenvalue weighted by atomic mass is 16.7. The fraction of sp³-hybridized carbons (Fsp3) is 0.571. The summed E-state index contributed by atoms with van der Waals surface area (Å²) in [6, 6.07) is 3.93. The number of rotatable bonds is 8. The van der Waals surface area contributed by atoms with E-state index in [0.29, 0.717) is 13.0 Å². The molecule has 4 atom stereocenters. The molecule has 0 bridgehead atoms. The van der Waals surface area contributed by atoms with Crippen LogP contribution in [0.25, 0.3) is 11.3 Å². The van der Waals surface area contributed by atoms with Gasteiger partial charge in [0.15, 0.2) is 12.4 Å². The maximum Gasteiger partial charge on any atom is 0.410 e. The minimum atomic E-state index is -0.282. The number of methoxy groups -OCH3 is 1. The zero-order valence-electron chi connectivity index (χ0n) is 16.9. The Morgan fingerprint density at radius 3 is 2.93 bits per heavy atom. The Morgan fingerprint density at radius 1 is 1.31 bits per heavy atom. The number of ether oxygens (including phenoxy) is 3. The lowest BCUT2D eigenvalue weighted by atomic mass is 9.96. The third kappa shape index (κ3) is 4.28. The van der Waals surface area contributed by atoms with E-state index in [1.165, 1.54) is 0 Å². The van der Waals surface area contributed by atoms with Gasteiger partial charge in [-0.25, -0.2) is 9.78 Å². The first-order valence-electron chi connectivity index (χ1n) is 10.3. The van der Waals surface area contributed by atoms with Gasteiger partial charge in [-0.05, 0) is 31.4 Å². The molecule has 4 heterocycles. The van der Waals surface area contributed by atoms with Crippen molar-refractivity contribution in [3.63, 3.8) is 0 Å². The predicted molar refractivity (Wildman–Crippen MR) is 106 cm³/mol. The molecular weight excluding hydrogens is 372 g/mol. The Hall–Kier alpha value is -2.45. The standard InChI is InChI=1S/C21H28N4O4/c1-3-18-20-17(11-19(27-2)28-18)25(21(26)29-20)10-5-4-9-24-13-16(23-14-24)15-7-6-8-22-12-15/h6-8,12-14,17-20H,3-5,9-11H2,1-2H3/t17-,18+,19-,20-/m0/s1. The third-order valence-electron chi connectivity index (χ3n) is 5.70. The van der Waals surface area contributed by atoms with Crippen molar-refractivity contribution in [3.8, 4) is 11.3 Å². The molecule has 0 aliphatic carbocycles. The SMILES string of the molecule is CC[C@H]1O[C@H](OC)C[C@H]2[C@@H]1OC(=O)N2CCCCn1cnc(-c2cccnc2)c1. The molecule has 2 aromatic heterocycles. The van der Waals surface area contributed by atoms with E-state index in [1.54, 1.807) is 13.3 Å². The molecular formula is C21H28N4O4. The first-order chi connectivity index (χ1) is 14.2. The Labute approximate surface area is 170 Å². The fourth-order valence-electron chi connectivity index (χ4n) is 4.15. The van der Waals surface area contributed by atoms with Gasteiger partial charge in [0.1, 0.15) is 0 Å². The monoisotopic (exact) mass is 400 g/mol. The van der Waals surface area contributed by atoms with Gasteiger partial charge < -0.3 is 23.7 Å². The van der Waals surface area contributed by atoms with Crippen LogP contribution in [0.3, 0.4) is 0 Å². The molecule has 0 spiro atoms. The summed E-state index contributed by atoms with van der Waals surface area (Å²) in [5.74, 6) is 0. The molecule has 0 N–H and O–H groups in total. The molecule has 2 aromatic rings. The summed E-state index contributed by atoms with van der Waals surface area (Å²) in [6.45, 7) is 3.57. The number of nitrogens with zero attached hydrogens (tertiary/aromatic N) is 4. The average molecular weight is 400 g/mol. The van der Waals surface area contributed by atoms with E-state index in [0.717, 1.165) is 37.1 Å². The normalized spacial score (nSPS) is 26.4. The summed E-state index contributed by atoms with van der Waals surface area (Å²) in [5, 5.41) is 0. The minimum absolute atomic E-state index is 0.0246. The first-order valence-corrected chi connectivity index (χ1v) is 10.3. The van der Waals surface area contributed by atoms with Gasteiger partial charge in [0.05, 0.1) is 24.2 Å². The first kappa shape index (κ1) is 19.8. The highest BCUT2D eigenvalue weighted by Crippen LogP contribution is 2.34. The second kappa shape index (κ2) is 8.92. The van der Waals surface area contributed by atoms with Crippen molar-refractivity contribution in [1.29, 1.82) is 0 Å². The van der Waals surface area contributed by atoms with E-state index < -0.39 is 0 Å². The van der Waals surface area contributed by atoms with Gasteiger partial charge >= 0.3 is 6.09 Å². The number of hydrogen-bond donors (Lipinski definition) is 0. The van der Waals surface area contributed by atoms with Crippen LogP contribution in [0.1, 0.15) is 32.6 Å². The van der Waals surface area contributed by atoms with Gasteiger partial charge in [-0.1, -0.05) is 6.92 Å². The average Bonchev–Trinajstić information content (AvgIpc) is 3.35. The lowest BCUT2D eigenvalue weighted by Gasteiger charge is -2.37. The van der Waals surface area contributed by atoms with Crippen LogP contribution in [0.4, 0.5) is 4.79 Å². The lowest BCUT2D eigenvalue weighted by molar-refractivity contribution is -0.214. The van der Waals surface area contributed by atoms with Crippen LogP contribution in [0.2, 0.25) is 0 Å². The number of amides is 1. The quantitative estimate of drug-likeness (QED) is 0.634. The van der Waals surface area contributed by atoms with E-state index in [-0.39, 0.29) is 30.6 Å². The van der Waals surface area contributed by atoms with Gasteiger partial charge in [-0.2, -0.15) is 0 Å². The van der Waals surface area contributed by atoms with Gasteiger partial charge in [0, 0.05) is 50.8 Å². The molecule has 8 nitrogen and oxygen atoms in total. The van der Waals surface area contributed by atoms with Crippen molar-refractivity contribution >= 4 is 6.09 Å². The Morgan fingerprint density at radius 2 is 2.17 bits per heavy atom. The minimum Gasteiger partial charge on any atom is -0.441 e. The summed E-state index contributed by atoms with van der Waals surface area (Å²) in [6.07, 6.45) is 9.91. The molecule has 2 fully saturated rings. The Balaban J connectivity index is 1.29. The molecule has 2 aliphatic heterocycles. The maximum atomic E-state index is 12.4. The molecule has 4 rings (SSSR count). The van der Waals surface area contributed by atoms with Crippen molar-refractivity contribution in [2.75, 3.05) is 13.7 Å². The number of imidazole rings is 1. The second-order valence-corrected chi connectivity index (χ2v) is 7.54. The molecule has 29 heavy (non-hydrogen) atoms. The van der Waals surface area contributed by atoms with Crippen molar-refractivity contribution in [2.45, 2.75) is 63.7 Å². The molecule has 8 heteroatoms. The van der Waals surface area contributed by atoms with E-state index in [1.807, 2.05) is 42.7 Å². The number of pyridine rings is 1. The molecule has 156 valence electrons. The van der Waals surface area contributed by atoms with E-state index in [4.69, 9.17) is 14.2 Å². The van der Waals surface area contributed by atoms with E-state index in [9.17, 15) is 4.79 Å². The lowest BCUT2D eigenvalue weighted by Crippen LogP contribution is -2.51. The van der Waals surface area contributed by atoms with Crippen LogP contribution in [-0.2, 0) is 20.8 Å². The van der Waals surface area contributed by atoms with Gasteiger partial charge in [-0.3, -0.25) is 4.98 Å². The summed E-state index contributed by atoms with van der Waals surface area (Å²) in [5.41, 5.74) is 1.93. The zero-order valence-corrected chi connectivity index (χ0v) is 16.9. The van der Waals surface area contributed by atoms with Gasteiger partial charge in [0.25, 0.3) is 0 Å². The number of fused-ring (bicyclic) bond motifs is 1. The largest absolute Gasteiger partial charge is 0.441 e. The molecule has 2 aliphatic rings. The van der Waals surface area contributed by atoms with Crippen LogP contribution in [0.15, 0.2) is 37.1 Å². The van der Waals surface area contributed by atoms with E-state index in [2.05, 4.69) is 14.5 Å². The smallest absolute Gasteiger partial charge is 0.410 e. The second-order valence-electron chi connectivity index (χ2n) is 7.54. The van der Waals surface area contributed by atoms with Gasteiger partial charge in [0.2, 0.25) is 0 Å². The number of unbranched alkanes of at least 4 members (excludes halogenated alkanes) is 1. The van der Waals surface area contributed by atoms with Crippen LogP contribution in [0.5, 0.6) is 0 Å². The summed E-state index contributed by atoms with van der Waals surface area (Å²) >= 11 is 0. The molecule has 0 aromatic carbocycles. The van der Waals surface area contributed by atoms with Crippen molar-refractivity contribution in [3.05, 3.63) is 37.1 Å². The molecule has 2 saturated heterocycles. The molecule has 1 amide bonds. The number of aryl methyl sites for hydroxylation is 1. The maximum absolute atomic E-state index is 12.4. The summed E-state index contributed by atoms with van der Waals surface area (Å²) in [4.78, 5) is 22.9. The van der Waals surface area contributed by atoms with Crippen molar-refractivity contribution < 1.29 is 19.0 Å². The van der Waals surface area contributed by atoms with Crippen molar-refractivity contribution in [1.82, 2.24) is 19.4 Å². The van der Waals surface area contributed by atoms with Crippen LogP contribution >= 0.6 is 0 Å². The molecule has 0 unspecified atom stereocenters. The van der Waals surface area contributed by atoms with Gasteiger partial charge in [-0.15, -0.1) is 0 Å². The molecule has 0 radical (unpaired) electrons.